The topological polar surface area (TPSA) is 122 Å². The third kappa shape index (κ3) is 4.64. The van der Waals surface area contributed by atoms with E-state index in [9.17, 15) is 18.0 Å². The molecule has 9 nitrogen and oxygen atoms in total. The minimum absolute atomic E-state index is 0.0497. The number of hydrogen-bond donors (Lipinski definition) is 0. The van der Waals surface area contributed by atoms with Gasteiger partial charge in [-0.1, -0.05) is 5.16 Å². The molecule has 2 aromatic rings. The molecule has 2 rings (SSSR count). The molecule has 0 atom stereocenters. The first-order chi connectivity index (χ1) is 12.7. The quantitative estimate of drug-likeness (QED) is 0.512. The van der Waals surface area contributed by atoms with Gasteiger partial charge in [-0.25, -0.2) is 9.59 Å². The molecular weight excluding hydrogens is 378 g/mol. The minimum atomic E-state index is -4.30. The second-order valence-corrected chi connectivity index (χ2v) is 6.86. The number of aromatic nitrogens is 1. The standard InChI is InChI=1S/C17H19NO8S/c1-5-23-16(19)12-7-13(17(20)24-6-2)9-14(8-12)26-27(21,22)15-10(3)18-25-11(15)4/h7-9H,5-6H2,1-4H3. The molecule has 0 spiro atoms. The summed E-state index contributed by atoms with van der Waals surface area (Å²) in [5.41, 5.74) is 0.0254. The smallest absolute Gasteiger partial charge is 0.344 e. The fraction of sp³-hybridized carbons (Fsp3) is 0.353. The molecule has 0 aliphatic rings. The number of rotatable bonds is 7. The normalized spacial score (nSPS) is 11.1. The van der Waals surface area contributed by atoms with Gasteiger partial charge in [0.15, 0.2) is 10.7 Å². The predicted molar refractivity (Wildman–Crippen MR) is 92.1 cm³/mol. The van der Waals surface area contributed by atoms with E-state index in [4.69, 9.17) is 18.2 Å². The zero-order chi connectivity index (χ0) is 20.2. The highest BCUT2D eigenvalue weighted by Crippen LogP contribution is 2.26. The highest BCUT2D eigenvalue weighted by atomic mass is 32.2. The van der Waals surface area contributed by atoms with Gasteiger partial charge in [-0.3, -0.25) is 0 Å². The summed E-state index contributed by atoms with van der Waals surface area (Å²) >= 11 is 0. The number of carbonyl (C=O) groups excluding carboxylic acids is 2. The van der Waals surface area contributed by atoms with Crippen molar-refractivity contribution in [1.82, 2.24) is 5.16 Å². The second kappa shape index (κ2) is 8.21. The van der Waals surface area contributed by atoms with E-state index >= 15 is 0 Å². The summed E-state index contributed by atoms with van der Waals surface area (Å²) in [6.45, 7) is 6.33. The summed E-state index contributed by atoms with van der Waals surface area (Å²) in [5, 5.41) is 3.58. The van der Waals surface area contributed by atoms with Crippen molar-refractivity contribution in [3.63, 3.8) is 0 Å². The highest BCUT2D eigenvalue weighted by Gasteiger charge is 2.27. The van der Waals surface area contributed by atoms with E-state index in [1.807, 2.05) is 0 Å². The SMILES string of the molecule is CCOC(=O)c1cc(OS(=O)(=O)c2c(C)noc2C)cc(C(=O)OCC)c1. The van der Waals surface area contributed by atoms with E-state index in [0.29, 0.717) is 0 Å². The maximum atomic E-state index is 12.6. The van der Waals surface area contributed by atoms with Crippen LogP contribution >= 0.6 is 0 Å². The Morgan fingerprint density at radius 1 is 1.00 bits per heavy atom. The number of carbonyl (C=O) groups is 2. The van der Waals surface area contributed by atoms with Crippen LogP contribution in [0.25, 0.3) is 0 Å². The van der Waals surface area contributed by atoms with Crippen molar-refractivity contribution in [2.45, 2.75) is 32.6 Å². The van der Waals surface area contributed by atoms with Crippen molar-refractivity contribution in [3.05, 3.63) is 40.8 Å². The Morgan fingerprint density at radius 2 is 1.52 bits per heavy atom. The van der Waals surface area contributed by atoms with Gasteiger partial charge < -0.3 is 18.2 Å². The van der Waals surface area contributed by atoms with Crippen LogP contribution < -0.4 is 4.18 Å². The van der Waals surface area contributed by atoms with E-state index in [1.165, 1.54) is 19.9 Å². The van der Waals surface area contributed by atoms with Crippen LogP contribution in [0.5, 0.6) is 5.75 Å². The van der Waals surface area contributed by atoms with Crippen molar-refractivity contribution in [3.8, 4) is 5.75 Å². The van der Waals surface area contributed by atoms with Crippen LogP contribution in [0.4, 0.5) is 0 Å². The Labute approximate surface area is 156 Å². The van der Waals surface area contributed by atoms with Gasteiger partial charge in [0.25, 0.3) is 0 Å². The molecule has 1 heterocycles. The van der Waals surface area contributed by atoms with Gasteiger partial charge in [-0.2, -0.15) is 8.42 Å². The molecule has 0 fully saturated rings. The number of nitrogens with zero attached hydrogens (tertiary/aromatic N) is 1. The van der Waals surface area contributed by atoms with Crippen molar-refractivity contribution in [2.24, 2.45) is 0 Å². The average molecular weight is 397 g/mol. The fourth-order valence-electron chi connectivity index (χ4n) is 2.31. The Hall–Kier alpha value is -2.88. The molecule has 0 radical (unpaired) electrons. The van der Waals surface area contributed by atoms with Crippen LogP contribution in [0, 0.1) is 13.8 Å². The van der Waals surface area contributed by atoms with Crippen LogP contribution in [0.2, 0.25) is 0 Å². The molecule has 1 aromatic carbocycles. The minimum Gasteiger partial charge on any atom is -0.462 e. The molecule has 0 aliphatic carbocycles. The largest absolute Gasteiger partial charge is 0.462 e. The molecule has 0 aliphatic heterocycles. The number of benzene rings is 1. The average Bonchev–Trinajstić information content (AvgIpc) is 2.94. The van der Waals surface area contributed by atoms with Crippen molar-refractivity contribution in [2.75, 3.05) is 13.2 Å². The molecular formula is C17H19NO8S. The lowest BCUT2D eigenvalue weighted by Gasteiger charge is -2.10. The second-order valence-electron chi connectivity index (χ2n) is 5.38. The maximum absolute atomic E-state index is 12.6. The molecule has 1 aromatic heterocycles. The Balaban J connectivity index is 2.48. The molecule has 10 heteroatoms. The summed E-state index contributed by atoms with van der Waals surface area (Å²) in [5.74, 6) is -1.66. The van der Waals surface area contributed by atoms with E-state index in [0.717, 1.165) is 12.1 Å². The van der Waals surface area contributed by atoms with Gasteiger partial charge in [0.05, 0.1) is 24.3 Å². The summed E-state index contributed by atoms with van der Waals surface area (Å²) in [6, 6.07) is 3.57. The lowest BCUT2D eigenvalue weighted by atomic mass is 10.1. The van der Waals surface area contributed by atoms with Gasteiger partial charge >= 0.3 is 22.1 Å². The summed E-state index contributed by atoms with van der Waals surface area (Å²) < 4.78 is 44.9. The lowest BCUT2D eigenvalue weighted by molar-refractivity contribution is 0.0524. The zero-order valence-corrected chi connectivity index (χ0v) is 16.1. The molecule has 27 heavy (non-hydrogen) atoms. The number of hydrogen-bond acceptors (Lipinski definition) is 9. The van der Waals surface area contributed by atoms with Gasteiger partial charge in [0.1, 0.15) is 11.4 Å². The first-order valence-electron chi connectivity index (χ1n) is 8.06. The third-order valence-corrected chi connectivity index (χ3v) is 4.85. The first kappa shape index (κ1) is 20.4. The maximum Gasteiger partial charge on any atom is 0.344 e. The number of ether oxygens (including phenoxy) is 2. The van der Waals surface area contributed by atoms with E-state index < -0.39 is 22.1 Å². The van der Waals surface area contributed by atoms with Crippen LogP contribution in [-0.4, -0.2) is 38.7 Å². The first-order valence-corrected chi connectivity index (χ1v) is 9.47. The van der Waals surface area contributed by atoms with Crippen LogP contribution in [0.1, 0.15) is 46.0 Å². The lowest BCUT2D eigenvalue weighted by Crippen LogP contribution is -2.14. The predicted octanol–water partition coefficient (Wildman–Crippen LogP) is 2.41. The van der Waals surface area contributed by atoms with Crippen molar-refractivity contribution in [1.29, 1.82) is 0 Å². The zero-order valence-electron chi connectivity index (χ0n) is 15.3. The third-order valence-electron chi connectivity index (χ3n) is 3.35. The van der Waals surface area contributed by atoms with Crippen LogP contribution in [-0.2, 0) is 19.6 Å². The van der Waals surface area contributed by atoms with Crippen LogP contribution in [0.15, 0.2) is 27.6 Å². The Kier molecular flexibility index (Phi) is 6.21. The molecule has 0 saturated heterocycles. The Morgan fingerprint density at radius 3 is 1.93 bits per heavy atom. The van der Waals surface area contributed by atoms with Gasteiger partial charge in [-0.05, 0) is 45.9 Å². The Bertz CT molecular complexity index is 906. The summed E-state index contributed by atoms with van der Waals surface area (Å²) in [6.07, 6.45) is 0. The fourth-order valence-corrected chi connectivity index (χ4v) is 3.53. The molecule has 0 unspecified atom stereocenters. The molecule has 146 valence electrons. The monoisotopic (exact) mass is 397 g/mol. The summed E-state index contributed by atoms with van der Waals surface area (Å²) in [7, 11) is -4.30. The van der Waals surface area contributed by atoms with E-state index in [2.05, 4.69) is 5.16 Å². The molecule has 0 N–H and O–H groups in total. The van der Waals surface area contributed by atoms with E-state index in [-0.39, 0.29) is 46.4 Å². The number of esters is 2. The van der Waals surface area contributed by atoms with Crippen molar-refractivity contribution >= 4 is 22.1 Å². The highest BCUT2D eigenvalue weighted by molar-refractivity contribution is 7.87. The molecule has 0 amide bonds. The summed E-state index contributed by atoms with van der Waals surface area (Å²) in [4.78, 5) is 23.8. The van der Waals surface area contributed by atoms with E-state index in [1.54, 1.807) is 13.8 Å². The van der Waals surface area contributed by atoms with Crippen molar-refractivity contribution < 1.29 is 36.2 Å². The molecule has 0 saturated carbocycles. The number of aryl methyl sites for hydroxylation is 2. The van der Waals surface area contributed by atoms with Gasteiger partial charge in [0, 0.05) is 0 Å². The van der Waals surface area contributed by atoms with Gasteiger partial charge in [-0.15, -0.1) is 0 Å². The molecule has 0 bridgehead atoms. The van der Waals surface area contributed by atoms with Gasteiger partial charge in [0.2, 0.25) is 0 Å². The van der Waals surface area contributed by atoms with Crippen LogP contribution in [0.3, 0.4) is 0 Å².